The van der Waals surface area contributed by atoms with Crippen molar-refractivity contribution in [2.45, 2.75) is 25.8 Å². The normalized spacial score (nSPS) is 16.4. The van der Waals surface area contributed by atoms with E-state index in [0.717, 1.165) is 58.9 Å². The molecule has 0 saturated carbocycles. The van der Waals surface area contributed by atoms with Crippen LogP contribution in [0.5, 0.6) is 0 Å². The van der Waals surface area contributed by atoms with Crippen LogP contribution in [0.25, 0.3) is 28.0 Å². The Bertz CT molecular complexity index is 1240. The van der Waals surface area contributed by atoms with Gasteiger partial charge < -0.3 is 10.0 Å². The highest BCUT2D eigenvalue weighted by Gasteiger charge is 2.27. The van der Waals surface area contributed by atoms with E-state index in [1.807, 2.05) is 41.8 Å². The fourth-order valence-corrected chi connectivity index (χ4v) is 4.49. The van der Waals surface area contributed by atoms with Crippen LogP contribution >= 0.6 is 11.6 Å². The van der Waals surface area contributed by atoms with Gasteiger partial charge in [-0.05, 0) is 61.7 Å². The zero-order valence-corrected chi connectivity index (χ0v) is 17.8. The van der Waals surface area contributed by atoms with Crippen molar-refractivity contribution in [3.05, 3.63) is 71.1 Å². The van der Waals surface area contributed by atoms with Crippen LogP contribution in [-0.2, 0) is 0 Å². The molecule has 0 spiro atoms. The Morgan fingerprint density at radius 1 is 1.10 bits per heavy atom. The number of rotatable bonds is 4. The Labute approximate surface area is 184 Å². The fraction of sp³-hybridized carbons (Fsp3) is 0.250. The van der Waals surface area contributed by atoms with Crippen LogP contribution in [0.15, 0.2) is 54.6 Å². The molecule has 1 saturated heterocycles. The molecule has 1 atom stereocenters. The van der Waals surface area contributed by atoms with Crippen LogP contribution < -0.4 is 4.90 Å². The third-order valence-electron chi connectivity index (χ3n) is 5.91. The van der Waals surface area contributed by atoms with Gasteiger partial charge in [0.1, 0.15) is 11.6 Å². The molecule has 158 valence electrons. The lowest BCUT2D eigenvalue weighted by molar-refractivity contribution is 0.266. The molecule has 31 heavy (non-hydrogen) atoms. The van der Waals surface area contributed by atoms with E-state index in [1.54, 1.807) is 12.1 Å². The molecule has 0 aliphatic carbocycles. The summed E-state index contributed by atoms with van der Waals surface area (Å²) in [5.74, 6) is 0.506. The van der Waals surface area contributed by atoms with Gasteiger partial charge in [0.25, 0.3) is 0 Å². The molecule has 2 aromatic heterocycles. The maximum Gasteiger partial charge on any atom is 0.166 e. The first-order valence-electron chi connectivity index (χ1n) is 10.3. The summed E-state index contributed by atoms with van der Waals surface area (Å²) in [6.45, 7) is 2.88. The highest BCUT2D eigenvalue weighted by atomic mass is 35.5. The highest BCUT2D eigenvalue weighted by Crippen LogP contribution is 2.35. The second-order valence-corrected chi connectivity index (χ2v) is 8.32. The fourth-order valence-electron chi connectivity index (χ4n) is 4.37. The van der Waals surface area contributed by atoms with Crippen LogP contribution in [0.4, 0.5) is 10.2 Å². The molecule has 4 aromatic rings. The molecule has 2 aromatic carbocycles. The highest BCUT2D eigenvalue weighted by molar-refractivity contribution is 6.30. The van der Waals surface area contributed by atoms with E-state index in [-0.39, 0.29) is 18.5 Å². The summed E-state index contributed by atoms with van der Waals surface area (Å²) in [7, 11) is 0. The molecule has 1 fully saturated rings. The topological polar surface area (TPSA) is 53.7 Å². The standard InChI is InChI=1S/C24H22ClFN4O/c1-15-23(17-4-8-18(25)9-5-17)24-27-22(29-12-2-3-20(29)14-31)13-21(30(24)28-15)16-6-10-19(26)11-7-16/h4-11,13,20,31H,2-3,12,14H2,1H3. The second kappa shape index (κ2) is 7.94. The third kappa shape index (κ3) is 3.56. The molecule has 5 rings (SSSR count). The van der Waals surface area contributed by atoms with Crippen LogP contribution in [-0.4, -0.2) is 38.9 Å². The van der Waals surface area contributed by atoms with Crippen molar-refractivity contribution < 1.29 is 9.50 Å². The van der Waals surface area contributed by atoms with Gasteiger partial charge in [0, 0.05) is 28.8 Å². The Morgan fingerprint density at radius 3 is 2.52 bits per heavy atom. The number of fused-ring (bicyclic) bond motifs is 1. The van der Waals surface area contributed by atoms with Gasteiger partial charge in [-0.3, -0.25) is 0 Å². The first kappa shape index (κ1) is 20.0. The first-order chi connectivity index (χ1) is 15.0. The van der Waals surface area contributed by atoms with E-state index in [9.17, 15) is 9.50 Å². The third-order valence-corrected chi connectivity index (χ3v) is 6.16. The monoisotopic (exact) mass is 436 g/mol. The molecule has 5 nitrogen and oxygen atoms in total. The predicted octanol–water partition coefficient (Wildman–Crippen LogP) is 5.13. The number of nitrogens with zero attached hydrogens (tertiary/aromatic N) is 4. The van der Waals surface area contributed by atoms with Gasteiger partial charge in [-0.1, -0.05) is 23.7 Å². The van der Waals surface area contributed by atoms with Crippen molar-refractivity contribution in [1.82, 2.24) is 14.6 Å². The maximum atomic E-state index is 13.6. The summed E-state index contributed by atoms with van der Waals surface area (Å²) in [6.07, 6.45) is 1.93. The number of hydrogen-bond acceptors (Lipinski definition) is 4. The molecule has 1 unspecified atom stereocenters. The first-order valence-corrected chi connectivity index (χ1v) is 10.7. The molecule has 1 aliphatic heterocycles. The summed E-state index contributed by atoms with van der Waals surface area (Å²) >= 11 is 6.10. The van der Waals surface area contributed by atoms with E-state index < -0.39 is 0 Å². The van der Waals surface area contributed by atoms with E-state index in [0.29, 0.717) is 5.02 Å². The molecule has 3 heterocycles. The number of aliphatic hydroxyl groups excluding tert-OH is 1. The lowest BCUT2D eigenvalue weighted by Crippen LogP contribution is -2.32. The van der Waals surface area contributed by atoms with Gasteiger partial charge in [-0.25, -0.2) is 13.9 Å². The van der Waals surface area contributed by atoms with Crippen molar-refractivity contribution in [1.29, 1.82) is 0 Å². The van der Waals surface area contributed by atoms with E-state index in [2.05, 4.69) is 4.90 Å². The Balaban J connectivity index is 1.77. The molecular formula is C24H22ClFN4O. The molecule has 0 bridgehead atoms. The minimum absolute atomic E-state index is 0.0408. The summed E-state index contributed by atoms with van der Waals surface area (Å²) < 4.78 is 15.4. The Kier molecular flexibility index (Phi) is 5.12. The van der Waals surface area contributed by atoms with E-state index >= 15 is 0 Å². The number of anilines is 1. The van der Waals surface area contributed by atoms with Gasteiger partial charge in [-0.15, -0.1) is 0 Å². The van der Waals surface area contributed by atoms with Crippen molar-refractivity contribution in [3.63, 3.8) is 0 Å². The van der Waals surface area contributed by atoms with Crippen molar-refractivity contribution in [2.24, 2.45) is 0 Å². The summed E-state index contributed by atoms with van der Waals surface area (Å²) in [5.41, 5.74) is 5.15. The Morgan fingerprint density at radius 2 is 1.81 bits per heavy atom. The summed E-state index contributed by atoms with van der Waals surface area (Å²) in [4.78, 5) is 7.14. The molecule has 0 amide bonds. The summed E-state index contributed by atoms with van der Waals surface area (Å²) in [5, 5.41) is 15.3. The number of hydrogen-bond donors (Lipinski definition) is 1. The molecule has 1 N–H and O–H groups in total. The predicted molar refractivity (Wildman–Crippen MR) is 121 cm³/mol. The number of halogens is 2. The van der Waals surface area contributed by atoms with Gasteiger partial charge in [-0.2, -0.15) is 5.10 Å². The average molecular weight is 437 g/mol. The van der Waals surface area contributed by atoms with Crippen LogP contribution in [0.1, 0.15) is 18.5 Å². The van der Waals surface area contributed by atoms with Crippen LogP contribution in [0.2, 0.25) is 5.02 Å². The van der Waals surface area contributed by atoms with Crippen LogP contribution in [0, 0.1) is 12.7 Å². The smallest absolute Gasteiger partial charge is 0.166 e. The van der Waals surface area contributed by atoms with Gasteiger partial charge in [0.2, 0.25) is 0 Å². The quantitative estimate of drug-likeness (QED) is 0.482. The minimum atomic E-state index is -0.285. The number of benzene rings is 2. The molecule has 0 radical (unpaired) electrons. The second-order valence-electron chi connectivity index (χ2n) is 7.88. The number of aromatic nitrogens is 3. The SMILES string of the molecule is Cc1nn2c(-c3ccc(F)cc3)cc(N3CCCC3CO)nc2c1-c1ccc(Cl)cc1. The van der Waals surface area contributed by atoms with Gasteiger partial charge in [0.15, 0.2) is 5.65 Å². The molecule has 1 aliphatic rings. The van der Waals surface area contributed by atoms with E-state index in [4.69, 9.17) is 21.7 Å². The lowest BCUT2D eigenvalue weighted by atomic mass is 10.1. The zero-order valence-electron chi connectivity index (χ0n) is 17.1. The maximum absolute atomic E-state index is 13.6. The minimum Gasteiger partial charge on any atom is -0.394 e. The number of aryl methyl sites for hydroxylation is 1. The van der Waals surface area contributed by atoms with Crippen LogP contribution in [0.3, 0.4) is 0 Å². The lowest BCUT2D eigenvalue weighted by Gasteiger charge is -2.25. The summed E-state index contributed by atoms with van der Waals surface area (Å²) in [6, 6.07) is 16.1. The van der Waals surface area contributed by atoms with Crippen molar-refractivity contribution in [2.75, 3.05) is 18.1 Å². The van der Waals surface area contributed by atoms with E-state index in [1.165, 1.54) is 12.1 Å². The zero-order chi connectivity index (χ0) is 21.5. The van der Waals surface area contributed by atoms with Gasteiger partial charge in [0.05, 0.1) is 24.0 Å². The Hall–Kier alpha value is -2.96. The molecule has 7 heteroatoms. The van der Waals surface area contributed by atoms with Gasteiger partial charge >= 0.3 is 0 Å². The molecular weight excluding hydrogens is 415 g/mol. The largest absolute Gasteiger partial charge is 0.394 e. The van der Waals surface area contributed by atoms with Crippen molar-refractivity contribution >= 4 is 23.1 Å². The van der Waals surface area contributed by atoms with Crippen molar-refractivity contribution in [3.8, 4) is 22.4 Å². The number of aliphatic hydroxyl groups is 1. The average Bonchev–Trinajstić information content (AvgIpc) is 3.38.